The Morgan fingerprint density at radius 3 is 2.85 bits per heavy atom. The fourth-order valence-electron chi connectivity index (χ4n) is 2.76. The van der Waals surface area contributed by atoms with Crippen molar-refractivity contribution in [3.63, 3.8) is 0 Å². The number of furan rings is 1. The molecule has 1 aliphatic heterocycles. The molecule has 1 aliphatic rings. The predicted molar refractivity (Wildman–Crippen MR) is 74.5 cm³/mol. The molecular weight excluding hydrogens is 281 g/mol. The van der Waals surface area contributed by atoms with Crippen LogP contribution in [-0.4, -0.2) is 19.4 Å². The van der Waals surface area contributed by atoms with Crippen molar-refractivity contribution in [2.24, 2.45) is 5.73 Å². The van der Waals surface area contributed by atoms with Crippen LogP contribution < -0.4 is 5.73 Å². The Bertz CT molecular complexity index is 738. The van der Waals surface area contributed by atoms with Crippen LogP contribution in [-0.2, 0) is 9.84 Å². The largest absolute Gasteiger partial charge is 0.459 e. The van der Waals surface area contributed by atoms with Gasteiger partial charge in [-0.15, -0.1) is 0 Å². The van der Waals surface area contributed by atoms with Crippen LogP contribution in [0.15, 0.2) is 28.7 Å². The van der Waals surface area contributed by atoms with Crippen LogP contribution in [0.1, 0.15) is 31.1 Å². The van der Waals surface area contributed by atoms with Gasteiger partial charge in [-0.05, 0) is 37.1 Å². The summed E-state index contributed by atoms with van der Waals surface area (Å²) in [6, 6.07) is 5.11. The topological polar surface area (TPSA) is 73.3 Å². The van der Waals surface area contributed by atoms with Gasteiger partial charge in [0.25, 0.3) is 0 Å². The summed E-state index contributed by atoms with van der Waals surface area (Å²) in [5.41, 5.74) is 6.60. The van der Waals surface area contributed by atoms with Gasteiger partial charge in [0.2, 0.25) is 0 Å². The van der Waals surface area contributed by atoms with E-state index in [-0.39, 0.29) is 11.6 Å². The summed E-state index contributed by atoms with van der Waals surface area (Å²) in [7, 11) is -3.18. The van der Waals surface area contributed by atoms with Crippen LogP contribution in [0.25, 0.3) is 11.0 Å². The minimum Gasteiger partial charge on any atom is -0.459 e. The Balaban J connectivity index is 1.97. The zero-order chi connectivity index (χ0) is 14.3. The van der Waals surface area contributed by atoms with Crippen LogP contribution in [0.5, 0.6) is 0 Å². The number of nitrogens with two attached hydrogens (primary N) is 1. The fraction of sp³-hybridized carbons (Fsp3) is 0.429. The molecule has 0 saturated carbocycles. The van der Waals surface area contributed by atoms with Crippen molar-refractivity contribution in [3.8, 4) is 0 Å². The van der Waals surface area contributed by atoms with Gasteiger partial charge in [-0.25, -0.2) is 12.8 Å². The van der Waals surface area contributed by atoms with Crippen LogP contribution in [0.3, 0.4) is 0 Å². The van der Waals surface area contributed by atoms with Gasteiger partial charge < -0.3 is 10.2 Å². The number of hydrogen-bond donors (Lipinski definition) is 1. The van der Waals surface area contributed by atoms with Gasteiger partial charge in [0.05, 0.1) is 17.0 Å². The third-order valence-electron chi connectivity index (χ3n) is 3.86. The standard InChI is InChI=1S/C14H16FNO3S/c15-10-4-5-11-9(7-10)8-12(19-11)14(16)13-3-1-2-6-20(13,17)18/h4-5,7-8,13-14H,1-3,6,16H2. The van der Waals surface area contributed by atoms with Crippen molar-refractivity contribution < 1.29 is 17.2 Å². The number of benzene rings is 1. The highest BCUT2D eigenvalue weighted by Crippen LogP contribution is 2.32. The minimum atomic E-state index is -3.18. The van der Waals surface area contributed by atoms with Gasteiger partial charge in [0.15, 0.2) is 9.84 Å². The SMILES string of the molecule is NC(c1cc2cc(F)ccc2o1)C1CCCCS1(=O)=O. The summed E-state index contributed by atoms with van der Waals surface area (Å²) in [5.74, 6) is 0.227. The zero-order valence-corrected chi connectivity index (χ0v) is 11.7. The molecule has 1 fully saturated rings. The first kappa shape index (κ1) is 13.6. The molecule has 0 bridgehead atoms. The Labute approximate surface area is 116 Å². The lowest BCUT2D eigenvalue weighted by atomic mass is 10.1. The van der Waals surface area contributed by atoms with E-state index >= 15 is 0 Å². The summed E-state index contributed by atoms with van der Waals surface area (Å²) >= 11 is 0. The smallest absolute Gasteiger partial charge is 0.155 e. The Kier molecular flexibility index (Phi) is 3.30. The number of halogens is 1. The van der Waals surface area contributed by atoms with Gasteiger partial charge in [-0.2, -0.15) is 0 Å². The molecule has 1 aromatic carbocycles. The summed E-state index contributed by atoms with van der Waals surface area (Å²) in [6.45, 7) is 0. The summed E-state index contributed by atoms with van der Waals surface area (Å²) in [5, 5.41) is -0.00897. The van der Waals surface area contributed by atoms with Gasteiger partial charge in [0, 0.05) is 5.39 Å². The summed E-state index contributed by atoms with van der Waals surface area (Å²) in [4.78, 5) is 0. The van der Waals surface area contributed by atoms with E-state index in [4.69, 9.17) is 10.2 Å². The number of rotatable bonds is 2. The van der Waals surface area contributed by atoms with Crippen LogP contribution in [0.2, 0.25) is 0 Å². The van der Waals surface area contributed by atoms with Crippen molar-refractivity contribution in [1.29, 1.82) is 0 Å². The molecule has 0 amide bonds. The molecule has 6 heteroatoms. The van der Waals surface area contributed by atoms with Crippen molar-refractivity contribution in [2.75, 3.05) is 5.75 Å². The van der Waals surface area contributed by atoms with Crippen molar-refractivity contribution >= 4 is 20.8 Å². The first-order valence-corrected chi connectivity index (χ1v) is 8.35. The first-order chi connectivity index (χ1) is 9.47. The molecule has 2 N–H and O–H groups in total. The Morgan fingerprint density at radius 1 is 1.30 bits per heavy atom. The summed E-state index contributed by atoms with van der Waals surface area (Å²) < 4.78 is 42.9. The summed E-state index contributed by atoms with van der Waals surface area (Å²) in [6.07, 6.45) is 2.10. The second-order valence-electron chi connectivity index (χ2n) is 5.26. The monoisotopic (exact) mass is 297 g/mol. The van der Waals surface area contributed by atoms with E-state index in [0.29, 0.717) is 29.6 Å². The maximum atomic E-state index is 13.2. The molecule has 1 saturated heterocycles. The Hall–Kier alpha value is -1.40. The Morgan fingerprint density at radius 2 is 2.10 bits per heavy atom. The average molecular weight is 297 g/mol. The number of hydrogen-bond acceptors (Lipinski definition) is 4. The second-order valence-corrected chi connectivity index (χ2v) is 7.60. The molecule has 0 aliphatic carbocycles. The molecule has 2 heterocycles. The highest BCUT2D eigenvalue weighted by atomic mass is 32.2. The molecule has 4 nitrogen and oxygen atoms in total. The predicted octanol–water partition coefficient (Wildman–Crippen LogP) is 2.54. The molecule has 2 unspecified atom stereocenters. The third-order valence-corrected chi connectivity index (χ3v) is 6.16. The molecule has 2 aromatic rings. The second kappa shape index (κ2) is 4.86. The lowest BCUT2D eigenvalue weighted by molar-refractivity contribution is 0.444. The van der Waals surface area contributed by atoms with E-state index in [1.165, 1.54) is 18.2 Å². The van der Waals surface area contributed by atoms with Gasteiger partial charge in [-0.3, -0.25) is 0 Å². The molecule has 0 radical (unpaired) electrons. The van der Waals surface area contributed by atoms with Crippen LogP contribution in [0.4, 0.5) is 4.39 Å². The van der Waals surface area contributed by atoms with E-state index in [1.807, 2.05) is 0 Å². The van der Waals surface area contributed by atoms with E-state index < -0.39 is 21.1 Å². The molecule has 3 rings (SSSR count). The first-order valence-electron chi connectivity index (χ1n) is 6.63. The maximum absolute atomic E-state index is 13.2. The maximum Gasteiger partial charge on any atom is 0.155 e. The highest BCUT2D eigenvalue weighted by molar-refractivity contribution is 7.92. The van der Waals surface area contributed by atoms with Crippen LogP contribution >= 0.6 is 0 Å². The van der Waals surface area contributed by atoms with E-state index in [9.17, 15) is 12.8 Å². The molecule has 2 atom stereocenters. The zero-order valence-electron chi connectivity index (χ0n) is 10.9. The highest BCUT2D eigenvalue weighted by Gasteiger charge is 2.35. The number of fused-ring (bicyclic) bond motifs is 1. The van der Waals surface area contributed by atoms with E-state index in [0.717, 1.165) is 6.42 Å². The molecule has 20 heavy (non-hydrogen) atoms. The average Bonchev–Trinajstić information content (AvgIpc) is 2.80. The van der Waals surface area contributed by atoms with E-state index in [1.54, 1.807) is 6.07 Å². The van der Waals surface area contributed by atoms with Gasteiger partial charge in [-0.1, -0.05) is 6.42 Å². The van der Waals surface area contributed by atoms with Crippen molar-refractivity contribution in [2.45, 2.75) is 30.6 Å². The molecule has 108 valence electrons. The molecular formula is C14H16FNO3S. The quantitative estimate of drug-likeness (QED) is 0.924. The molecule has 1 aromatic heterocycles. The number of sulfone groups is 1. The van der Waals surface area contributed by atoms with Crippen LogP contribution in [0, 0.1) is 5.82 Å². The third kappa shape index (κ3) is 2.33. The van der Waals surface area contributed by atoms with Gasteiger partial charge in [0.1, 0.15) is 17.2 Å². The fourth-order valence-corrected chi connectivity index (χ4v) is 4.78. The molecule has 0 spiro atoms. The van der Waals surface area contributed by atoms with Gasteiger partial charge >= 0.3 is 0 Å². The minimum absolute atomic E-state index is 0.181. The van der Waals surface area contributed by atoms with Crippen molar-refractivity contribution in [3.05, 3.63) is 35.8 Å². The lowest BCUT2D eigenvalue weighted by Gasteiger charge is -2.26. The lowest BCUT2D eigenvalue weighted by Crippen LogP contribution is -2.37. The van der Waals surface area contributed by atoms with Crippen molar-refractivity contribution in [1.82, 2.24) is 0 Å². The van der Waals surface area contributed by atoms with E-state index in [2.05, 4.69) is 0 Å². The normalized spacial score (nSPS) is 23.8.